The van der Waals surface area contributed by atoms with Gasteiger partial charge < -0.3 is 14.8 Å². The average Bonchev–Trinajstić information content (AvgIpc) is 2.32. The largest absolute Gasteiger partial charge is 0.573 e. The Bertz CT molecular complexity index is 500. The summed E-state index contributed by atoms with van der Waals surface area (Å²) in [6.07, 6.45) is -9.73. The molecule has 0 radical (unpaired) electrons. The van der Waals surface area contributed by atoms with Crippen LogP contribution in [0.2, 0.25) is 0 Å². The lowest BCUT2D eigenvalue weighted by Gasteiger charge is -2.11. The number of ether oxygens (including phenoxy) is 2. The van der Waals surface area contributed by atoms with Gasteiger partial charge in [-0.05, 0) is 12.1 Å². The molecule has 0 atom stereocenters. The fourth-order valence-corrected chi connectivity index (χ4v) is 1.35. The first-order chi connectivity index (χ1) is 10.1. The van der Waals surface area contributed by atoms with E-state index < -0.39 is 37.4 Å². The van der Waals surface area contributed by atoms with Crippen LogP contribution in [-0.4, -0.2) is 31.7 Å². The Balaban J connectivity index is 2.43. The van der Waals surface area contributed by atoms with E-state index in [9.17, 15) is 31.1 Å². The predicted molar refractivity (Wildman–Crippen MR) is 63.2 cm³/mol. The van der Waals surface area contributed by atoms with Crippen molar-refractivity contribution in [3.05, 3.63) is 24.3 Å². The SMILES string of the molecule is O=C(CCOCC(F)(F)F)Nc1cccc(OC(F)(F)F)c1. The minimum atomic E-state index is -4.87. The molecule has 1 aromatic rings. The Morgan fingerprint density at radius 3 is 2.41 bits per heavy atom. The first kappa shape index (κ1) is 18.1. The summed E-state index contributed by atoms with van der Waals surface area (Å²) in [5, 5.41) is 2.22. The van der Waals surface area contributed by atoms with Crippen LogP contribution in [0.5, 0.6) is 5.75 Å². The summed E-state index contributed by atoms with van der Waals surface area (Å²) in [4.78, 5) is 11.4. The van der Waals surface area contributed by atoms with Gasteiger partial charge in [0.2, 0.25) is 5.91 Å². The summed E-state index contributed by atoms with van der Waals surface area (Å²) in [5.41, 5.74) is 0.0163. The van der Waals surface area contributed by atoms with Crippen LogP contribution in [0.3, 0.4) is 0 Å². The summed E-state index contributed by atoms with van der Waals surface area (Å²) in [6, 6.07) is 4.49. The Kier molecular flexibility index (Phi) is 6.03. The minimum absolute atomic E-state index is 0.0163. The van der Waals surface area contributed by atoms with Gasteiger partial charge in [-0.15, -0.1) is 13.2 Å². The molecule has 0 bridgehead atoms. The molecule has 0 saturated carbocycles. The van der Waals surface area contributed by atoms with Crippen molar-refractivity contribution in [3.8, 4) is 5.75 Å². The van der Waals surface area contributed by atoms with E-state index in [1.54, 1.807) is 0 Å². The number of rotatable bonds is 6. The number of nitrogens with one attached hydrogen (secondary N) is 1. The van der Waals surface area contributed by atoms with E-state index in [0.717, 1.165) is 12.1 Å². The van der Waals surface area contributed by atoms with E-state index >= 15 is 0 Å². The summed E-state index contributed by atoms with van der Waals surface area (Å²) in [7, 11) is 0. The van der Waals surface area contributed by atoms with Crippen molar-refractivity contribution < 1.29 is 40.6 Å². The Hall–Kier alpha value is -1.97. The van der Waals surface area contributed by atoms with Gasteiger partial charge in [0.05, 0.1) is 13.0 Å². The molecular weight excluding hydrogens is 320 g/mol. The maximum Gasteiger partial charge on any atom is 0.573 e. The van der Waals surface area contributed by atoms with Crippen LogP contribution in [0.15, 0.2) is 24.3 Å². The molecule has 0 spiro atoms. The Labute approximate surface area is 121 Å². The molecule has 0 aliphatic rings. The van der Waals surface area contributed by atoms with Crippen molar-refractivity contribution in [2.45, 2.75) is 19.0 Å². The molecule has 4 nitrogen and oxygen atoms in total. The van der Waals surface area contributed by atoms with Crippen LogP contribution in [0, 0.1) is 0 Å². The number of carbonyl (C=O) groups excluding carboxylic acids is 1. The fourth-order valence-electron chi connectivity index (χ4n) is 1.35. The lowest BCUT2D eigenvalue weighted by molar-refractivity contribution is -0.274. The van der Waals surface area contributed by atoms with Crippen LogP contribution in [0.4, 0.5) is 32.0 Å². The van der Waals surface area contributed by atoms with Crippen LogP contribution >= 0.6 is 0 Å². The topological polar surface area (TPSA) is 47.6 Å². The smallest absolute Gasteiger partial charge is 0.406 e. The number of halogens is 6. The molecule has 1 amide bonds. The Morgan fingerprint density at radius 1 is 1.14 bits per heavy atom. The number of benzene rings is 1. The molecule has 124 valence electrons. The molecule has 0 saturated heterocycles. The summed E-state index contributed by atoms with van der Waals surface area (Å²) in [6.45, 7) is -1.95. The predicted octanol–water partition coefficient (Wildman–Crippen LogP) is 3.49. The highest BCUT2D eigenvalue weighted by molar-refractivity contribution is 5.90. The molecule has 0 unspecified atom stereocenters. The standard InChI is InChI=1S/C12H11F6NO3/c13-11(14,15)7-21-5-4-10(20)19-8-2-1-3-9(6-8)22-12(16,17)18/h1-3,6H,4-5,7H2,(H,19,20). The second kappa shape index (κ2) is 7.34. The van der Waals surface area contributed by atoms with E-state index in [0.29, 0.717) is 0 Å². The van der Waals surface area contributed by atoms with Crippen LogP contribution in [0.1, 0.15) is 6.42 Å². The number of amides is 1. The normalized spacial score (nSPS) is 12.1. The molecule has 10 heteroatoms. The van der Waals surface area contributed by atoms with Gasteiger partial charge in [-0.25, -0.2) is 0 Å². The highest BCUT2D eigenvalue weighted by Gasteiger charge is 2.31. The van der Waals surface area contributed by atoms with Gasteiger partial charge in [0.15, 0.2) is 0 Å². The summed E-state index contributed by atoms with van der Waals surface area (Å²) < 4.78 is 79.3. The average molecular weight is 331 g/mol. The quantitative estimate of drug-likeness (QED) is 0.641. The van der Waals surface area contributed by atoms with Crippen molar-refractivity contribution in [1.29, 1.82) is 0 Å². The van der Waals surface area contributed by atoms with Crippen LogP contribution in [-0.2, 0) is 9.53 Å². The second-order valence-corrected chi connectivity index (χ2v) is 4.04. The van der Waals surface area contributed by atoms with Gasteiger partial charge >= 0.3 is 12.5 Å². The summed E-state index contributed by atoms with van der Waals surface area (Å²) >= 11 is 0. The minimum Gasteiger partial charge on any atom is -0.406 e. The van der Waals surface area contributed by atoms with E-state index in [4.69, 9.17) is 0 Å². The molecule has 22 heavy (non-hydrogen) atoms. The maximum absolute atomic E-state index is 12.0. The Morgan fingerprint density at radius 2 is 1.82 bits per heavy atom. The molecule has 1 N–H and O–H groups in total. The van der Waals surface area contributed by atoms with E-state index in [1.165, 1.54) is 12.1 Å². The fraction of sp³-hybridized carbons (Fsp3) is 0.417. The van der Waals surface area contributed by atoms with Crippen molar-refractivity contribution in [2.24, 2.45) is 0 Å². The zero-order chi connectivity index (χ0) is 16.8. The van der Waals surface area contributed by atoms with E-state index in [-0.39, 0.29) is 12.1 Å². The molecule has 0 heterocycles. The highest BCUT2D eigenvalue weighted by Crippen LogP contribution is 2.25. The molecule has 0 fully saturated rings. The molecular formula is C12H11F6NO3. The third-order valence-corrected chi connectivity index (χ3v) is 2.09. The highest BCUT2D eigenvalue weighted by atomic mass is 19.4. The number of hydrogen-bond acceptors (Lipinski definition) is 3. The van der Waals surface area contributed by atoms with Crippen LogP contribution in [0.25, 0.3) is 0 Å². The zero-order valence-electron chi connectivity index (χ0n) is 10.9. The zero-order valence-corrected chi connectivity index (χ0v) is 10.9. The third-order valence-electron chi connectivity index (χ3n) is 2.09. The van der Waals surface area contributed by atoms with Crippen molar-refractivity contribution in [2.75, 3.05) is 18.5 Å². The number of hydrogen-bond donors (Lipinski definition) is 1. The molecule has 1 rings (SSSR count). The van der Waals surface area contributed by atoms with Gasteiger partial charge in [0.1, 0.15) is 12.4 Å². The van der Waals surface area contributed by atoms with Crippen molar-refractivity contribution in [1.82, 2.24) is 0 Å². The van der Waals surface area contributed by atoms with Gasteiger partial charge in [0.25, 0.3) is 0 Å². The van der Waals surface area contributed by atoms with E-state index in [2.05, 4.69) is 14.8 Å². The molecule has 0 aliphatic heterocycles. The molecule has 1 aromatic carbocycles. The lowest BCUT2D eigenvalue weighted by atomic mass is 10.3. The van der Waals surface area contributed by atoms with Crippen molar-refractivity contribution >= 4 is 11.6 Å². The second-order valence-electron chi connectivity index (χ2n) is 4.04. The van der Waals surface area contributed by atoms with Crippen LogP contribution < -0.4 is 10.1 Å². The first-order valence-corrected chi connectivity index (χ1v) is 5.85. The van der Waals surface area contributed by atoms with Gasteiger partial charge in [-0.3, -0.25) is 4.79 Å². The van der Waals surface area contributed by atoms with Gasteiger partial charge in [0, 0.05) is 11.8 Å². The number of anilines is 1. The number of carbonyl (C=O) groups is 1. The lowest BCUT2D eigenvalue weighted by Crippen LogP contribution is -2.20. The van der Waals surface area contributed by atoms with Gasteiger partial charge in [-0.1, -0.05) is 6.07 Å². The monoisotopic (exact) mass is 331 g/mol. The van der Waals surface area contributed by atoms with Crippen molar-refractivity contribution in [3.63, 3.8) is 0 Å². The molecule has 0 aliphatic carbocycles. The maximum atomic E-state index is 12.0. The molecule has 0 aromatic heterocycles. The van der Waals surface area contributed by atoms with Gasteiger partial charge in [-0.2, -0.15) is 13.2 Å². The summed E-state index contributed by atoms with van der Waals surface area (Å²) in [5.74, 6) is -1.23. The van der Waals surface area contributed by atoms with E-state index in [1.807, 2.05) is 0 Å². The number of alkyl halides is 6. The first-order valence-electron chi connectivity index (χ1n) is 5.85. The third kappa shape index (κ3) is 8.35.